The van der Waals surface area contributed by atoms with Crippen LogP contribution in [0.5, 0.6) is 5.75 Å². The van der Waals surface area contributed by atoms with Gasteiger partial charge in [-0.1, -0.05) is 83.9 Å². The van der Waals surface area contributed by atoms with Crippen LogP contribution in [0.15, 0.2) is 78.9 Å². The van der Waals surface area contributed by atoms with E-state index in [1.807, 2.05) is 75.4 Å². The minimum absolute atomic E-state index is 0.0542. The van der Waals surface area contributed by atoms with Gasteiger partial charge in [0.1, 0.15) is 11.8 Å². The minimum atomic E-state index is -0.701. The van der Waals surface area contributed by atoms with E-state index in [0.29, 0.717) is 17.2 Å². The summed E-state index contributed by atoms with van der Waals surface area (Å²) in [5.74, 6) is -0.0589. The fraction of sp³-hybridized carbons (Fsp3) is 0.286. The number of nitrogens with one attached hydrogen (secondary N) is 1. The number of para-hydroxylation sites is 1. The average Bonchev–Trinajstić information content (AvgIpc) is 2.82. The fourth-order valence-electron chi connectivity index (χ4n) is 3.61. The Morgan fingerprint density at radius 1 is 0.912 bits per heavy atom. The highest BCUT2D eigenvalue weighted by molar-refractivity contribution is 6.32. The summed E-state index contributed by atoms with van der Waals surface area (Å²) in [6.07, 6.45) is 0.392. The topological polar surface area (TPSA) is 58.6 Å². The number of carbonyl (C=O) groups is 2. The first-order chi connectivity index (χ1) is 16.3. The largest absolute Gasteiger partial charge is 0.482 e. The van der Waals surface area contributed by atoms with E-state index in [9.17, 15) is 9.59 Å². The number of rotatable bonds is 10. The monoisotopic (exact) mass is 478 g/mol. The van der Waals surface area contributed by atoms with Crippen LogP contribution < -0.4 is 10.1 Å². The van der Waals surface area contributed by atoms with Gasteiger partial charge in [-0.2, -0.15) is 0 Å². The molecule has 34 heavy (non-hydrogen) atoms. The zero-order valence-electron chi connectivity index (χ0n) is 19.8. The van der Waals surface area contributed by atoms with Crippen molar-refractivity contribution in [3.63, 3.8) is 0 Å². The van der Waals surface area contributed by atoms with Crippen molar-refractivity contribution in [2.24, 2.45) is 0 Å². The second kappa shape index (κ2) is 12.2. The van der Waals surface area contributed by atoms with Gasteiger partial charge in [-0.3, -0.25) is 9.59 Å². The SMILES string of the molecule is Cc1ccc(CN(C(=O)COc2ccccc2Cl)C(Cc2ccccc2)C(=O)NC(C)C)cc1. The molecule has 1 N–H and O–H groups in total. The zero-order valence-corrected chi connectivity index (χ0v) is 20.6. The van der Waals surface area contributed by atoms with Gasteiger partial charge >= 0.3 is 0 Å². The van der Waals surface area contributed by atoms with E-state index in [0.717, 1.165) is 16.7 Å². The van der Waals surface area contributed by atoms with Gasteiger partial charge in [0.25, 0.3) is 5.91 Å². The van der Waals surface area contributed by atoms with Gasteiger partial charge < -0.3 is 15.0 Å². The molecular weight excluding hydrogens is 448 g/mol. The number of benzene rings is 3. The molecule has 0 aliphatic rings. The van der Waals surface area contributed by atoms with Crippen LogP contribution in [0.25, 0.3) is 0 Å². The summed E-state index contributed by atoms with van der Waals surface area (Å²) < 4.78 is 5.74. The smallest absolute Gasteiger partial charge is 0.261 e. The number of aryl methyl sites for hydroxylation is 1. The van der Waals surface area contributed by atoms with Gasteiger partial charge in [-0.15, -0.1) is 0 Å². The molecule has 5 nitrogen and oxygen atoms in total. The van der Waals surface area contributed by atoms with Crippen molar-refractivity contribution in [2.75, 3.05) is 6.61 Å². The van der Waals surface area contributed by atoms with Crippen molar-refractivity contribution < 1.29 is 14.3 Å². The summed E-state index contributed by atoms with van der Waals surface area (Å²) in [6, 6.07) is 23.9. The normalized spacial score (nSPS) is 11.7. The number of amides is 2. The molecule has 0 fully saturated rings. The second-order valence-corrected chi connectivity index (χ2v) is 9.00. The maximum Gasteiger partial charge on any atom is 0.261 e. The number of halogens is 1. The third-order valence-corrected chi connectivity index (χ3v) is 5.68. The number of hydrogen-bond acceptors (Lipinski definition) is 3. The lowest BCUT2D eigenvalue weighted by Gasteiger charge is -2.32. The zero-order chi connectivity index (χ0) is 24.5. The Bertz CT molecular complexity index is 1080. The summed E-state index contributed by atoms with van der Waals surface area (Å²) in [5.41, 5.74) is 3.04. The molecule has 1 atom stereocenters. The van der Waals surface area contributed by atoms with E-state index >= 15 is 0 Å². The van der Waals surface area contributed by atoms with Gasteiger partial charge in [0.15, 0.2) is 6.61 Å². The molecule has 0 aliphatic heterocycles. The highest BCUT2D eigenvalue weighted by Crippen LogP contribution is 2.23. The van der Waals surface area contributed by atoms with Crippen molar-refractivity contribution in [1.82, 2.24) is 10.2 Å². The number of nitrogens with zero attached hydrogens (tertiary/aromatic N) is 1. The number of ether oxygens (including phenoxy) is 1. The van der Waals surface area contributed by atoms with Crippen molar-refractivity contribution in [1.29, 1.82) is 0 Å². The Morgan fingerprint density at radius 2 is 1.56 bits per heavy atom. The molecule has 0 saturated heterocycles. The van der Waals surface area contributed by atoms with Gasteiger partial charge in [0, 0.05) is 19.0 Å². The third kappa shape index (κ3) is 7.35. The summed E-state index contributed by atoms with van der Waals surface area (Å²) in [6.45, 7) is 5.89. The molecule has 0 spiro atoms. The van der Waals surface area contributed by atoms with Crippen LogP contribution in [0.2, 0.25) is 5.02 Å². The van der Waals surface area contributed by atoms with E-state index in [2.05, 4.69) is 5.32 Å². The van der Waals surface area contributed by atoms with Crippen LogP contribution in [0.4, 0.5) is 0 Å². The molecule has 0 aromatic heterocycles. The first-order valence-corrected chi connectivity index (χ1v) is 11.8. The average molecular weight is 479 g/mol. The molecule has 0 saturated carbocycles. The quantitative estimate of drug-likeness (QED) is 0.436. The Morgan fingerprint density at radius 3 is 2.21 bits per heavy atom. The Labute approximate surface area is 206 Å². The summed E-state index contributed by atoms with van der Waals surface area (Å²) >= 11 is 6.20. The van der Waals surface area contributed by atoms with E-state index in [-0.39, 0.29) is 31.0 Å². The first kappa shape index (κ1) is 25.3. The molecule has 6 heteroatoms. The van der Waals surface area contributed by atoms with Crippen LogP contribution in [0.1, 0.15) is 30.5 Å². The fourth-order valence-corrected chi connectivity index (χ4v) is 3.80. The lowest BCUT2D eigenvalue weighted by molar-refractivity contribution is -0.143. The standard InChI is InChI=1S/C28H31ClN2O3/c1-20(2)30-28(33)25(17-22-9-5-4-6-10-22)31(18-23-15-13-21(3)14-16-23)27(32)19-34-26-12-8-7-11-24(26)29/h4-16,20,25H,17-19H2,1-3H3,(H,30,33). The molecule has 2 amide bonds. The number of hydrogen-bond donors (Lipinski definition) is 1. The highest BCUT2D eigenvalue weighted by atomic mass is 35.5. The predicted octanol–water partition coefficient (Wildman–Crippen LogP) is 5.19. The Kier molecular flexibility index (Phi) is 9.11. The van der Waals surface area contributed by atoms with Gasteiger partial charge in [0.2, 0.25) is 5.91 Å². The van der Waals surface area contributed by atoms with Gasteiger partial charge in [-0.25, -0.2) is 0 Å². The first-order valence-electron chi connectivity index (χ1n) is 11.4. The highest BCUT2D eigenvalue weighted by Gasteiger charge is 2.31. The van der Waals surface area contributed by atoms with Crippen LogP contribution in [0, 0.1) is 6.92 Å². The predicted molar refractivity (Wildman–Crippen MR) is 136 cm³/mol. The lowest BCUT2D eigenvalue weighted by Crippen LogP contribution is -2.52. The van der Waals surface area contributed by atoms with Gasteiger partial charge in [0.05, 0.1) is 5.02 Å². The van der Waals surface area contributed by atoms with E-state index in [1.165, 1.54) is 0 Å². The molecule has 0 heterocycles. The molecular formula is C28H31ClN2O3. The van der Waals surface area contributed by atoms with E-state index in [1.54, 1.807) is 29.2 Å². The van der Waals surface area contributed by atoms with Crippen molar-refractivity contribution in [2.45, 2.75) is 45.8 Å². The van der Waals surface area contributed by atoms with Crippen molar-refractivity contribution in [3.05, 3.63) is 101 Å². The molecule has 1 unspecified atom stereocenters. The summed E-state index contributed by atoms with van der Waals surface area (Å²) in [5, 5.41) is 3.41. The Balaban J connectivity index is 1.91. The Hall–Kier alpha value is -3.31. The molecule has 0 aliphatic carbocycles. The molecule has 0 radical (unpaired) electrons. The molecule has 3 rings (SSSR count). The summed E-state index contributed by atoms with van der Waals surface area (Å²) in [7, 11) is 0. The van der Waals surface area contributed by atoms with E-state index < -0.39 is 6.04 Å². The van der Waals surface area contributed by atoms with Crippen LogP contribution in [-0.2, 0) is 22.6 Å². The van der Waals surface area contributed by atoms with Crippen LogP contribution >= 0.6 is 11.6 Å². The van der Waals surface area contributed by atoms with Gasteiger partial charge in [-0.05, 0) is 44.0 Å². The van der Waals surface area contributed by atoms with Crippen molar-refractivity contribution >= 4 is 23.4 Å². The van der Waals surface area contributed by atoms with E-state index in [4.69, 9.17) is 16.3 Å². The number of carbonyl (C=O) groups excluding carboxylic acids is 2. The molecule has 3 aromatic carbocycles. The third-order valence-electron chi connectivity index (χ3n) is 5.36. The maximum atomic E-state index is 13.5. The lowest BCUT2D eigenvalue weighted by atomic mass is 10.0. The molecule has 3 aromatic rings. The maximum absolute atomic E-state index is 13.5. The van der Waals surface area contributed by atoms with Crippen LogP contribution in [0.3, 0.4) is 0 Å². The minimum Gasteiger partial charge on any atom is -0.482 e. The van der Waals surface area contributed by atoms with Crippen molar-refractivity contribution in [3.8, 4) is 5.75 Å². The summed E-state index contributed by atoms with van der Waals surface area (Å²) in [4.78, 5) is 28.4. The molecule has 0 bridgehead atoms. The second-order valence-electron chi connectivity index (χ2n) is 8.60. The van der Waals surface area contributed by atoms with Crippen LogP contribution in [-0.4, -0.2) is 35.4 Å². The molecule has 178 valence electrons.